The number of hydrogen-bond acceptors (Lipinski definition) is 4. The lowest BCUT2D eigenvalue weighted by atomic mass is 10.2. The molecule has 0 saturated heterocycles. The highest BCUT2D eigenvalue weighted by Crippen LogP contribution is 2.34. The van der Waals surface area contributed by atoms with Gasteiger partial charge in [-0.25, -0.2) is 13.1 Å². The smallest absolute Gasteiger partial charge is 0.241 e. The predicted molar refractivity (Wildman–Crippen MR) is 53.6 cm³/mol. The number of fused-ring (bicyclic) bond motifs is 1. The van der Waals surface area contributed by atoms with Gasteiger partial charge in [0.2, 0.25) is 10.0 Å². The number of nitrogens with one attached hydrogen (secondary N) is 1. The molecule has 1 aliphatic rings. The van der Waals surface area contributed by atoms with E-state index in [-0.39, 0.29) is 4.90 Å². The van der Waals surface area contributed by atoms with Crippen molar-refractivity contribution in [2.45, 2.75) is 11.4 Å². The Labute approximate surface area is 88.1 Å². The first-order valence-corrected chi connectivity index (χ1v) is 5.81. The Morgan fingerprint density at radius 3 is 2.40 bits per heavy atom. The Morgan fingerprint density at radius 1 is 1.20 bits per heavy atom. The highest BCUT2D eigenvalue weighted by molar-refractivity contribution is 7.89. The molecule has 1 aromatic carbocycles. The average molecular weight is 229 g/mol. The normalized spacial score (nSPS) is 17.2. The standard InChI is InChI=1S/C9H11NO4S/c1-13-7-3-6-5-10-15(11,12)9(6)4-8(7)14-2/h3-4,10H,5H2,1-2H3. The third-order valence-electron chi connectivity index (χ3n) is 2.31. The second-order valence-electron chi connectivity index (χ2n) is 3.14. The molecule has 0 bridgehead atoms. The zero-order chi connectivity index (χ0) is 11.1. The molecule has 6 heteroatoms. The highest BCUT2D eigenvalue weighted by atomic mass is 32.2. The molecule has 0 spiro atoms. The maximum absolute atomic E-state index is 11.5. The fourth-order valence-corrected chi connectivity index (χ4v) is 2.78. The van der Waals surface area contributed by atoms with Crippen LogP contribution in [0, 0.1) is 0 Å². The minimum absolute atomic E-state index is 0.264. The van der Waals surface area contributed by atoms with Crippen LogP contribution in [0.3, 0.4) is 0 Å². The first-order valence-electron chi connectivity index (χ1n) is 4.33. The molecule has 82 valence electrons. The number of sulfonamides is 1. The van der Waals surface area contributed by atoms with Crippen molar-refractivity contribution >= 4 is 10.0 Å². The van der Waals surface area contributed by atoms with E-state index in [2.05, 4.69) is 4.72 Å². The van der Waals surface area contributed by atoms with Gasteiger partial charge in [-0.2, -0.15) is 0 Å². The van der Waals surface area contributed by atoms with Crippen LogP contribution in [0.5, 0.6) is 11.5 Å². The topological polar surface area (TPSA) is 64.6 Å². The van der Waals surface area contributed by atoms with E-state index in [1.165, 1.54) is 20.3 Å². The van der Waals surface area contributed by atoms with Crippen molar-refractivity contribution < 1.29 is 17.9 Å². The SMILES string of the molecule is COc1cc2c(cc1OC)S(=O)(=O)NC2. The maximum Gasteiger partial charge on any atom is 0.241 e. The van der Waals surface area contributed by atoms with Crippen LogP contribution in [0.1, 0.15) is 5.56 Å². The predicted octanol–water partition coefficient (Wildman–Crippen LogP) is 0.496. The molecular formula is C9H11NO4S. The third-order valence-corrected chi connectivity index (χ3v) is 3.79. The minimum Gasteiger partial charge on any atom is -0.493 e. The lowest BCUT2D eigenvalue weighted by molar-refractivity contribution is 0.353. The van der Waals surface area contributed by atoms with E-state index in [4.69, 9.17) is 9.47 Å². The lowest BCUT2D eigenvalue weighted by Crippen LogP contribution is -2.13. The fourth-order valence-electron chi connectivity index (χ4n) is 1.54. The molecule has 0 saturated carbocycles. The molecule has 0 amide bonds. The summed E-state index contributed by atoms with van der Waals surface area (Å²) in [6.45, 7) is 0.304. The summed E-state index contributed by atoms with van der Waals surface area (Å²) in [5, 5.41) is 0. The average Bonchev–Trinajstić information content (AvgIpc) is 2.52. The molecule has 2 rings (SSSR count). The third kappa shape index (κ3) is 1.55. The molecule has 0 unspecified atom stereocenters. The van der Waals surface area contributed by atoms with E-state index in [0.29, 0.717) is 23.6 Å². The van der Waals surface area contributed by atoms with Crippen molar-refractivity contribution in [2.75, 3.05) is 14.2 Å². The zero-order valence-electron chi connectivity index (χ0n) is 8.40. The largest absolute Gasteiger partial charge is 0.493 e. The first-order chi connectivity index (χ1) is 7.08. The van der Waals surface area contributed by atoms with Gasteiger partial charge in [-0.1, -0.05) is 0 Å². The second kappa shape index (κ2) is 3.39. The van der Waals surface area contributed by atoms with Crippen LogP contribution in [-0.2, 0) is 16.6 Å². The molecule has 1 aromatic rings. The Bertz CT molecular complexity index is 495. The lowest BCUT2D eigenvalue weighted by Gasteiger charge is -2.08. The first kappa shape index (κ1) is 10.3. The summed E-state index contributed by atoms with van der Waals surface area (Å²) >= 11 is 0. The van der Waals surface area contributed by atoms with Gasteiger partial charge in [0.25, 0.3) is 0 Å². The van der Waals surface area contributed by atoms with Crippen molar-refractivity contribution in [2.24, 2.45) is 0 Å². The summed E-state index contributed by atoms with van der Waals surface area (Å²) < 4.78 is 35.6. The molecule has 5 nitrogen and oxygen atoms in total. The monoisotopic (exact) mass is 229 g/mol. The summed E-state index contributed by atoms with van der Waals surface area (Å²) in [5.74, 6) is 0.957. The quantitative estimate of drug-likeness (QED) is 0.801. The number of rotatable bonds is 2. The van der Waals surface area contributed by atoms with E-state index in [0.717, 1.165) is 0 Å². The maximum atomic E-state index is 11.5. The Balaban J connectivity index is 2.65. The van der Waals surface area contributed by atoms with Crippen LogP contribution < -0.4 is 14.2 Å². The molecule has 0 aliphatic carbocycles. The molecule has 0 aromatic heterocycles. The van der Waals surface area contributed by atoms with Crippen LogP contribution >= 0.6 is 0 Å². The van der Waals surface area contributed by atoms with E-state index in [1.54, 1.807) is 6.07 Å². The van der Waals surface area contributed by atoms with Crippen LogP contribution in [0.25, 0.3) is 0 Å². The summed E-state index contributed by atoms with van der Waals surface area (Å²) in [6.07, 6.45) is 0. The summed E-state index contributed by atoms with van der Waals surface area (Å²) in [6, 6.07) is 3.15. The highest BCUT2D eigenvalue weighted by Gasteiger charge is 2.27. The molecule has 0 atom stereocenters. The van der Waals surface area contributed by atoms with E-state index in [1.807, 2.05) is 0 Å². The Kier molecular flexibility index (Phi) is 2.32. The van der Waals surface area contributed by atoms with Gasteiger partial charge < -0.3 is 9.47 Å². The van der Waals surface area contributed by atoms with E-state index in [9.17, 15) is 8.42 Å². The number of benzene rings is 1. The molecule has 15 heavy (non-hydrogen) atoms. The molecule has 0 fully saturated rings. The molecule has 1 heterocycles. The van der Waals surface area contributed by atoms with Gasteiger partial charge in [0.05, 0.1) is 19.1 Å². The van der Waals surface area contributed by atoms with Crippen molar-refractivity contribution in [3.63, 3.8) is 0 Å². The summed E-state index contributed by atoms with van der Waals surface area (Å²) in [5.41, 5.74) is 0.702. The Hall–Kier alpha value is -1.27. The Morgan fingerprint density at radius 2 is 1.80 bits per heavy atom. The van der Waals surface area contributed by atoms with Crippen LogP contribution in [0.4, 0.5) is 0 Å². The van der Waals surface area contributed by atoms with Gasteiger partial charge in [-0.05, 0) is 11.6 Å². The minimum atomic E-state index is -3.35. The van der Waals surface area contributed by atoms with Gasteiger partial charge in [0, 0.05) is 12.6 Å². The van der Waals surface area contributed by atoms with Gasteiger partial charge in [-0.15, -0.1) is 0 Å². The summed E-state index contributed by atoms with van der Waals surface area (Å²) in [4.78, 5) is 0.264. The summed E-state index contributed by atoms with van der Waals surface area (Å²) in [7, 11) is -0.362. The van der Waals surface area contributed by atoms with Gasteiger partial charge >= 0.3 is 0 Å². The van der Waals surface area contributed by atoms with Gasteiger partial charge in [-0.3, -0.25) is 0 Å². The van der Waals surface area contributed by atoms with E-state index < -0.39 is 10.0 Å². The van der Waals surface area contributed by atoms with Crippen LogP contribution in [-0.4, -0.2) is 22.6 Å². The van der Waals surface area contributed by atoms with Crippen molar-refractivity contribution in [3.8, 4) is 11.5 Å². The number of ether oxygens (including phenoxy) is 2. The fraction of sp³-hybridized carbons (Fsp3) is 0.333. The zero-order valence-corrected chi connectivity index (χ0v) is 9.22. The number of methoxy groups -OCH3 is 2. The van der Waals surface area contributed by atoms with Crippen LogP contribution in [0.2, 0.25) is 0 Å². The van der Waals surface area contributed by atoms with Crippen LogP contribution in [0.15, 0.2) is 17.0 Å². The molecular weight excluding hydrogens is 218 g/mol. The van der Waals surface area contributed by atoms with Crippen molar-refractivity contribution in [1.29, 1.82) is 0 Å². The molecule has 1 N–H and O–H groups in total. The van der Waals surface area contributed by atoms with Gasteiger partial charge in [0.1, 0.15) is 0 Å². The van der Waals surface area contributed by atoms with E-state index >= 15 is 0 Å². The second-order valence-corrected chi connectivity index (χ2v) is 4.87. The molecule has 0 radical (unpaired) electrons. The van der Waals surface area contributed by atoms with Crippen molar-refractivity contribution in [3.05, 3.63) is 17.7 Å². The van der Waals surface area contributed by atoms with Gasteiger partial charge in [0.15, 0.2) is 11.5 Å². The number of hydrogen-bond donors (Lipinski definition) is 1. The van der Waals surface area contributed by atoms with Crippen molar-refractivity contribution in [1.82, 2.24) is 4.72 Å². The molecule has 1 aliphatic heterocycles.